The third kappa shape index (κ3) is 10.3. The first kappa shape index (κ1) is 33.5. The molecule has 0 aromatic heterocycles. The van der Waals surface area contributed by atoms with E-state index in [2.05, 4.69) is 47.5 Å². The third-order valence-electron chi connectivity index (χ3n) is 8.12. The van der Waals surface area contributed by atoms with E-state index in [1.165, 1.54) is 0 Å². The van der Waals surface area contributed by atoms with Gasteiger partial charge in [-0.1, -0.05) is 31.5 Å². The van der Waals surface area contributed by atoms with Crippen molar-refractivity contribution in [3.05, 3.63) is 53.6 Å². The van der Waals surface area contributed by atoms with Crippen molar-refractivity contribution in [1.29, 1.82) is 0 Å². The van der Waals surface area contributed by atoms with Gasteiger partial charge in [0.15, 0.2) is 0 Å². The molecule has 4 atom stereocenters. The number of methoxy groups -OCH3 is 2. The molecule has 0 saturated carbocycles. The topological polar surface area (TPSA) is 90.9 Å². The molecule has 0 bridgehead atoms. The van der Waals surface area contributed by atoms with Crippen molar-refractivity contribution in [3.63, 3.8) is 0 Å². The minimum atomic E-state index is -0.467. The largest absolute Gasteiger partial charge is 0.494 e. The standard InChI is InChI=1S/C34H52N2O7/c1-4-8-28(37)25-43-33-23-35-22-32(34(33)27-10-12-29(13-11-27)40-19-6-5-17-38-2)42-24-26-9-14-31-30(21-26)36(16-20-41-31)15-7-18-39-3/h9-14,21,28,32-35,37H,4-8,15-20,22-25H2,1-3H3/t28-,32-,33+,34+/m0/s1. The molecule has 2 aromatic rings. The van der Waals surface area contributed by atoms with Crippen LogP contribution in [0.3, 0.4) is 0 Å². The fraction of sp³-hybridized carbons (Fsp3) is 0.647. The molecule has 2 heterocycles. The minimum Gasteiger partial charge on any atom is -0.494 e. The van der Waals surface area contributed by atoms with Gasteiger partial charge in [-0.15, -0.1) is 0 Å². The highest BCUT2D eigenvalue weighted by Gasteiger charge is 2.36. The second-order valence-electron chi connectivity index (χ2n) is 11.4. The van der Waals surface area contributed by atoms with Crippen LogP contribution in [0.15, 0.2) is 42.5 Å². The second kappa shape index (κ2) is 18.4. The summed E-state index contributed by atoms with van der Waals surface area (Å²) in [5.74, 6) is 1.79. The van der Waals surface area contributed by atoms with Crippen LogP contribution in [0.4, 0.5) is 5.69 Å². The van der Waals surface area contributed by atoms with Crippen LogP contribution in [0.5, 0.6) is 11.5 Å². The molecule has 0 amide bonds. The zero-order valence-electron chi connectivity index (χ0n) is 26.3. The van der Waals surface area contributed by atoms with E-state index in [0.29, 0.717) is 33.0 Å². The Morgan fingerprint density at radius 3 is 2.47 bits per heavy atom. The Bertz CT molecular complexity index is 1050. The zero-order valence-corrected chi connectivity index (χ0v) is 26.3. The predicted octanol–water partition coefficient (Wildman–Crippen LogP) is 4.55. The summed E-state index contributed by atoms with van der Waals surface area (Å²) in [5, 5.41) is 13.9. The van der Waals surface area contributed by atoms with E-state index in [1.54, 1.807) is 14.2 Å². The number of rotatable bonds is 19. The maximum Gasteiger partial charge on any atom is 0.142 e. The van der Waals surface area contributed by atoms with Gasteiger partial charge in [0, 0.05) is 53.0 Å². The van der Waals surface area contributed by atoms with E-state index in [1.807, 2.05) is 12.1 Å². The maximum absolute atomic E-state index is 10.4. The van der Waals surface area contributed by atoms with Gasteiger partial charge in [-0.3, -0.25) is 0 Å². The van der Waals surface area contributed by atoms with Crippen LogP contribution in [0.2, 0.25) is 0 Å². The number of unbranched alkanes of at least 4 members (excludes halogenated alkanes) is 1. The number of benzene rings is 2. The number of aliphatic hydroxyl groups is 1. The van der Waals surface area contributed by atoms with Gasteiger partial charge in [0.1, 0.15) is 18.1 Å². The van der Waals surface area contributed by atoms with Crippen molar-refractivity contribution in [1.82, 2.24) is 5.32 Å². The van der Waals surface area contributed by atoms with Gasteiger partial charge in [0.05, 0.1) is 50.4 Å². The van der Waals surface area contributed by atoms with Crippen LogP contribution in [0.1, 0.15) is 56.1 Å². The molecule has 2 aromatic carbocycles. The fourth-order valence-corrected chi connectivity index (χ4v) is 5.84. The van der Waals surface area contributed by atoms with Gasteiger partial charge in [0.25, 0.3) is 0 Å². The molecule has 240 valence electrons. The number of hydrogen-bond acceptors (Lipinski definition) is 9. The van der Waals surface area contributed by atoms with Gasteiger partial charge >= 0.3 is 0 Å². The van der Waals surface area contributed by atoms with Crippen LogP contribution in [0.25, 0.3) is 0 Å². The number of aliphatic hydroxyl groups excluding tert-OH is 1. The average Bonchev–Trinajstić information content (AvgIpc) is 3.03. The van der Waals surface area contributed by atoms with Gasteiger partial charge in [-0.2, -0.15) is 0 Å². The molecule has 0 unspecified atom stereocenters. The number of hydrogen-bond donors (Lipinski definition) is 2. The van der Waals surface area contributed by atoms with Crippen molar-refractivity contribution < 1.29 is 33.5 Å². The Labute approximate surface area is 257 Å². The molecule has 43 heavy (non-hydrogen) atoms. The summed E-state index contributed by atoms with van der Waals surface area (Å²) in [4.78, 5) is 2.37. The lowest BCUT2D eigenvalue weighted by molar-refractivity contribution is -0.0783. The lowest BCUT2D eigenvalue weighted by atomic mass is 9.85. The molecular weight excluding hydrogens is 548 g/mol. The van der Waals surface area contributed by atoms with Crippen molar-refractivity contribution in [3.8, 4) is 11.5 Å². The van der Waals surface area contributed by atoms with Gasteiger partial charge in [0.2, 0.25) is 0 Å². The summed E-state index contributed by atoms with van der Waals surface area (Å²) in [6, 6.07) is 14.7. The summed E-state index contributed by atoms with van der Waals surface area (Å²) >= 11 is 0. The SMILES string of the molecule is CCC[C@H](O)CO[C@@H]1CNC[C@H](OCc2ccc3c(c2)N(CCCOC)CCO3)[C@H]1c1ccc(OCCCCOC)cc1. The Morgan fingerprint density at radius 2 is 1.70 bits per heavy atom. The molecule has 2 aliphatic heterocycles. The normalized spacial score (nSPS) is 20.8. The maximum atomic E-state index is 10.4. The van der Waals surface area contributed by atoms with E-state index in [-0.39, 0.29) is 18.1 Å². The summed E-state index contributed by atoms with van der Waals surface area (Å²) < 4.78 is 35.3. The molecule has 2 N–H and O–H groups in total. The molecule has 9 heteroatoms. The van der Waals surface area contributed by atoms with Crippen LogP contribution in [-0.4, -0.2) is 96.9 Å². The highest BCUT2D eigenvalue weighted by atomic mass is 16.5. The van der Waals surface area contributed by atoms with E-state index in [0.717, 1.165) is 93.3 Å². The van der Waals surface area contributed by atoms with Crippen molar-refractivity contribution in [2.24, 2.45) is 0 Å². The third-order valence-corrected chi connectivity index (χ3v) is 8.12. The van der Waals surface area contributed by atoms with E-state index < -0.39 is 6.10 Å². The van der Waals surface area contributed by atoms with Gasteiger partial charge in [-0.25, -0.2) is 0 Å². The number of nitrogens with zero attached hydrogens (tertiary/aromatic N) is 1. The zero-order chi connectivity index (χ0) is 30.3. The molecule has 9 nitrogen and oxygen atoms in total. The molecule has 0 aliphatic carbocycles. The average molecular weight is 601 g/mol. The second-order valence-corrected chi connectivity index (χ2v) is 11.4. The molecule has 1 saturated heterocycles. The molecule has 0 radical (unpaired) electrons. The first-order valence-electron chi connectivity index (χ1n) is 16.0. The number of anilines is 1. The number of fused-ring (bicyclic) bond motifs is 1. The summed E-state index contributed by atoms with van der Waals surface area (Å²) in [7, 11) is 3.47. The van der Waals surface area contributed by atoms with Crippen molar-refractivity contribution >= 4 is 5.69 Å². The van der Waals surface area contributed by atoms with Crippen molar-refractivity contribution in [2.45, 2.75) is 69.9 Å². The lowest BCUT2D eigenvalue weighted by Gasteiger charge is -2.39. The minimum absolute atomic E-state index is 0.0114. The predicted molar refractivity (Wildman–Crippen MR) is 169 cm³/mol. The Balaban J connectivity index is 1.45. The van der Waals surface area contributed by atoms with E-state index in [9.17, 15) is 5.11 Å². The van der Waals surface area contributed by atoms with Gasteiger partial charge < -0.3 is 43.7 Å². The van der Waals surface area contributed by atoms with Crippen molar-refractivity contribution in [2.75, 3.05) is 78.3 Å². The quantitative estimate of drug-likeness (QED) is 0.226. The molecule has 0 spiro atoms. The fourth-order valence-electron chi connectivity index (χ4n) is 5.84. The molecule has 2 aliphatic rings. The number of piperidine rings is 1. The van der Waals surface area contributed by atoms with Gasteiger partial charge in [-0.05, 0) is 61.1 Å². The molecule has 1 fully saturated rings. The first-order valence-corrected chi connectivity index (χ1v) is 16.0. The summed E-state index contributed by atoms with van der Waals surface area (Å²) in [6.07, 6.45) is 3.86. The van der Waals surface area contributed by atoms with Crippen LogP contribution < -0.4 is 19.7 Å². The summed E-state index contributed by atoms with van der Waals surface area (Å²) in [5.41, 5.74) is 3.38. The van der Waals surface area contributed by atoms with Crippen LogP contribution in [-0.2, 0) is 25.6 Å². The summed E-state index contributed by atoms with van der Waals surface area (Å²) in [6.45, 7) is 8.94. The smallest absolute Gasteiger partial charge is 0.142 e. The van der Waals surface area contributed by atoms with E-state index >= 15 is 0 Å². The molecular formula is C34H52N2O7. The Kier molecular flexibility index (Phi) is 14.3. The van der Waals surface area contributed by atoms with Crippen LogP contribution in [0, 0.1) is 0 Å². The number of nitrogens with one attached hydrogen (secondary N) is 1. The Morgan fingerprint density at radius 1 is 0.953 bits per heavy atom. The lowest BCUT2D eigenvalue weighted by Crippen LogP contribution is -2.51. The monoisotopic (exact) mass is 600 g/mol. The highest BCUT2D eigenvalue weighted by molar-refractivity contribution is 5.61. The van der Waals surface area contributed by atoms with E-state index in [4.69, 9.17) is 28.4 Å². The Hall–Kier alpha value is -2.40. The first-order chi connectivity index (χ1) is 21.1. The highest BCUT2D eigenvalue weighted by Crippen LogP contribution is 2.35. The molecule has 4 rings (SSSR count). The van der Waals surface area contributed by atoms with Crippen LogP contribution >= 0.6 is 0 Å². The number of ether oxygens (including phenoxy) is 6.